The summed E-state index contributed by atoms with van der Waals surface area (Å²) < 4.78 is 56.0. The molecule has 0 aromatic heterocycles. The number of hydrogen-bond acceptors (Lipinski definition) is 6. The van der Waals surface area contributed by atoms with Crippen LogP contribution in [0.15, 0.2) is 0 Å². The van der Waals surface area contributed by atoms with Crippen LogP contribution in [-0.2, 0) is 28.6 Å². The summed E-state index contributed by atoms with van der Waals surface area (Å²) in [5.41, 5.74) is 8.81. The van der Waals surface area contributed by atoms with Crippen LogP contribution in [0.2, 0.25) is 0 Å². The zero-order valence-electron chi connectivity index (χ0n) is 11.5. The molecule has 0 amide bonds. The Morgan fingerprint density at radius 1 is 0.810 bits per heavy atom. The Labute approximate surface area is 124 Å². The van der Waals surface area contributed by atoms with Crippen LogP contribution >= 0.6 is 0 Å². The van der Waals surface area contributed by atoms with E-state index >= 15 is 0 Å². The molecule has 2 saturated carbocycles. The zero-order valence-corrected chi connectivity index (χ0v) is 13.1. The molecule has 2 aliphatic carbocycles. The van der Waals surface area contributed by atoms with E-state index in [0.717, 1.165) is 25.7 Å². The molecule has 0 N–H and O–H groups in total. The maximum absolute atomic E-state index is 12.0. The van der Waals surface area contributed by atoms with Gasteiger partial charge in [0, 0.05) is 0 Å². The van der Waals surface area contributed by atoms with Crippen LogP contribution in [0.25, 0.3) is 5.53 Å². The van der Waals surface area contributed by atoms with E-state index in [1.165, 1.54) is 0 Å². The molecule has 0 aromatic carbocycles. The van der Waals surface area contributed by atoms with Crippen LogP contribution in [0.1, 0.15) is 51.4 Å². The minimum atomic E-state index is -4.67. The molecule has 120 valence electrons. The van der Waals surface area contributed by atoms with Crippen molar-refractivity contribution < 1.29 is 30.0 Å². The summed E-state index contributed by atoms with van der Waals surface area (Å²) in [7, 11) is -9.34. The highest BCUT2D eigenvalue weighted by Crippen LogP contribution is 2.26. The van der Waals surface area contributed by atoms with Crippen molar-refractivity contribution in [3.63, 3.8) is 0 Å². The Morgan fingerprint density at radius 2 is 1.14 bits per heavy atom. The van der Waals surface area contributed by atoms with Gasteiger partial charge < -0.3 is 5.53 Å². The van der Waals surface area contributed by atoms with Crippen LogP contribution < -0.4 is 0 Å². The Bertz CT molecular complexity index is 574. The normalized spacial score (nSPS) is 21.5. The van der Waals surface area contributed by atoms with Crippen molar-refractivity contribution in [2.75, 3.05) is 0 Å². The third-order valence-corrected chi connectivity index (χ3v) is 6.93. The molecule has 0 radical (unpaired) electrons. The Hall–Kier alpha value is -0.800. The van der Waals surface area contributed by atoms with Gasteiger partial charge in [-0.05, 0) is 25.7 Å². The van der Waals surface area contributed by atoms with Gasteiger partial charge in [-0.25, -0.2) is 0 Å². The van der Waals surface area contributed by atoms with Gasteiger partial charge >= 0.3 is 24.6 Å². The molecule has 0 atom stereocenters. The lowest BCUT2D eigenvalue weighted by Crippen LogP contribution is -2.33. The summed E-state index contributed by atoms with van der Waals surface area (Å²) in [6.45, 7) is 0. The fourth-order valence-electron chi connectivity index (χ4n) is 2.63. The minimum absolute atomic E-state index is 0.529. The quantitative estimate of drug-likeness (QED) is 0.249. The van der Waals surface area contributed by atoms with Crippen LogP contribution in [-0.4, -0.2) is 38.2 Å². The second-order valence-electron chi connectivity index (χ2n) is 5.28. The highest BCUT2D eigenvalue weighted by atomic mass is 32.3. The van der Waals surface area contributed by atoms with E-state index in [1.54, 1.807) is 0 Å². The summed E-state index contributed by atoms with van der Waals surface area (Å²) in [5, 5.41) is 0. The molecule has 0 aromatic rings. The number of rotatable bonds is 4. The first-order valence-corrected chi connectivity index (χ1v) is 9.75. The van der Waals surface area contributed by atoms with Crippen molar-refractivity contribution in [3.05, 3.63) is 5.53 Å². The topological polar surface area (TPSA) is 123 Å². The van der Waals surface area contributed by atoms with Crippen molar-refractivity contribution in [1.29, 1.82) is 0 Å². The maximum Gasteiger partial charge on any atom is 0.546 e. The first kappa shape index (κ1) is 16.6. The predicted octanol–water partition coefficient (Wildman–Crippen LogP) is 1.15. The molecule has 10 heteroatoms. The lowest BCUT2D eigenvalue weighted by Gasteiger charge is -2.10. The largest absolute Gasteiger partial charge is 0.546 e. The Kier molecular flexibility index (Phi) is 5.15. The molecular weight excluding hydrogens is 320 g/mol. The minimum Gasteiger partial charge on any atom is -0.359 e. The second-order valence-corrected chi connectivity index (χ2v) is 8.51. The SMILES string of the molecule is [N-]=[N+]=C(S(=O)(=O)OC1CCCC1)S(=O)(=O)OC1CCCC1. The highest BCUT2D eigenvalue weighted by molar-refractivity contribution is 8.27. The van der Waals surface area contributed by atoms with E-state index < -0.39 is 36.8 Å². The highest BCUT2D eigenvalue weighted by Gasteiger charge is 2.47. The van der Waals surface area contributed by atoms with E-state index in [2.05, 4.69) is 4.79 Å². The van der Waals surface area contributed by atoms with E-state index in [9.17, 15) is 16.8 Å². The molecule has 0 bridgehead atoms. The predicted molar refractivity (Wildman–Crippen MR) is 73.1 cm³/mol. The number of hydrogen-bond donors (Lipinski definition) is 0. The van der Waals surface area contributed by atoms with Gasteiger partial charge in [0.15, 0.2) is 0 Å². The molecule has 2 fully saturated rings. The van der Waals surface area contributed by atoms with Gasteiger partial charge in [-0.3, -0.25) is 8.37 Å². The van der Waals surface area contributed by atoms with E-state index in [-0.39, 0.29) is 0 Å². The summed E-state index contributed by atoms with van der Waals surface area (Å²) in [6.07, 6.45) is 4.23. The molecule has 2 aliphatic rings. The Balaban J connectivity index is 2.15. The van der Waals surface area contributed by atoms with Crippen LogP contribution in [0.4, 0.5) is 0 Å². The van der Waals surface area contributed by atoms with Crippen LogP contribution in [0.3, 0.4) is 0 Å². The van der Waals surface area contributed by atoms with Crippen molar-refractivity contribution in [3.8, 4) is 0 Å². The summed E-state index contributed by atoms with van der Waals surface area (Å²) in [4.78, 5) is 2.41. The van der Waals surface area contributed by atoms with E-state index in [0.29, 0.717) is 25.7 Å². The number of nitrogens with zero attached hydrogens (tertiary/aromatic N) is 2. The van der Waals surface area contributed by atoms with Crippen LogP contribution in [0.5, 0.6) is 0 Å². The maximum atomic E-state index is 12.0. The molecule has 2 rings (SSSR count). The summed E-state index contributed by atoms with van der Waals surface area (Å²) in [6, 6.07) is 0. The lowest BCUT2D eigenvalue weighted by molar-refractivity contribution is 0.00107. The van der Waals surface area contributed by atoms with E-state index in [1.807, 2.05) is 0 Å². The fourth-order valence-corrected chi connectivity index (χ4v) is 5.34. The second kappa shape index (κ2) is 6.53. The first-order valence-electron chi connectivity index (χ1n) is 6.94. The third kappa shape index (κ3) is 4.10. The molecule has 0 unspecified atom stereocenters. The molecule has 8 nitrogen and oxygen atoms in total. The van der Waals surface area contributed by atoms with Gasteiger partial charge in [-0.2, -0.15) is 16.8 Å². The zero-order chi connectivity index (χ0) is 15.5. The van der Waals surface area contributed by atoms with Gasteiger partial charge in [-0.15, -0.1) is 4.79 Å². The van der Waals surface area contributed by atoms with Gasteiger partial charge in [0.05, 0.1) is 12.2 Å². The van der Waals surface area contributed by atoms with Gasteiger partial charge in [0.2, 0.25) is 0 Å². The van der Waals surface area contributed by atoms with Crippen molar-refractivity contribution in [2.45, 2.75) is 63.6 Å². The monoisotopic (exact) mass is 338 g/mol. The van der Waals surface area contributed by atoms with Crippen molar-refractivity contribution in [2.24, 2.45) is 0 Å². The van der Waals surface area contributed by atoms with Crippen molar-refractivity contribution in [1.82, 2.24) is 0 Å². The van der Waals surface area contributed by atoms with Gasteiger partial charge in [0.25, 0.3) is 0 Å². The average Bonchev–Trinajstić information content (AvgIpc) is 3.01. The van der Waals surface area contributed by atoms with Gasteiger partial charge in [0.1, 0.15) is 0 Å². The average molecular weight is 338 g/mol. The molecule has 0 saturated heterocycles. The molecule has 0 heterocycles. The molecule has 0 aliphatic heterocycles. The summed E-state index contributed by atoms with van der Waals surface area (Å²) in [5.74, 6) is 0. The fraction of sp³-hybridized carbons (Fsp3) is 0.909. The van der Waals surface area contributed by atoms with Gasteiger partial charge in [-0.1, -0.05) is 25.7 Å². The van der Waals surface area contributed by atoms with Crippen molar-refractivity contribution >= 4 is 24.6 Å². The first-order chi connectivity index (χ1) is 9.85. The summed E-state index contributed by atoms with van der Waals surface area (Å²) >= 11 is 0. The van der Waals surface area contributed by atoms with Crippen LogP contribution in [0, 0.1) is 0 Å². The molecule has 0 spiro atoms. The standard InChI is InChI=1S/C11H18N2O6S2/c12-13-11(20(14,15)18-9-5-1-2-6-9)21(16,17)19-10-7-3-4-8-10/h9-10H,1-8H2. The molecular formula is C11H18N2O6S2. The molecule has 21 heavy (non-hydrogen) atoms. The third-order valence-electron chi connectivity index (χ3n) is 3.64. The Morgan fingerprint density at radius 3 is 1.43 bits per heavy atom. The smallest absolute Gasteiger partial charge is 0.359 e. The lowest BCUT2D eigenvalue weighted by atomic mass is 10.3. The van der Waals surface area contributed by atoms with E-state index in [4.69, 9.17) is 13.9 Å².